The standard InChI is InChI=1S/C14H26N4/c1-5-12-8-13(18-11(4)17-12)16-10-14(6-2,7-3)9-15/h8H,5-7,9-10,15H2,1-4H3,(H,16,17,18). The van der Waals surface area contributed by atoms with Gasteiger partial charge in [0.25, 0.3) is 0 Å². The van der Waals surface area contributed by atoms with Crippen molar-refractivity contribution in [2.24, 2.45) is 11.1 Å². The largest absolute Gasteiger partial charge is 0.369 e. The normalized spacial score (nSPS) is 11.6. The number of aryl methyl sites for hydroxylation is 2. The molecule has 0 spiro atoms. The lowest BCUT2D eigenvalue weighted by molar-refractivity contribution is 0.294. The molecule has 102 valence electrons. The van der Waals surface area contributed by atoms with Crippen LogP contribution >= 0.6 is 0 Å². The molecule has 1 rings (SSSR count). The Balaban J connectivity index is 2.76. The number of hydrogen-bond acceptors (Lipinski definition) is 4. The monoisotopic (exact) mass is 250 g/mol. The van der Waals surface area contributed by atoms with Gasteiger partial charge in [0.2, 0.25) is 0 Å². The SMILES string of the molecule is CCc1cc(NCC(CC)(CC)CN)nc(C)n1. The molecule has 4 heteroatoms. The Labute approximate surface area is 110 Å². The number of nitrogens with zero attached hydrogens (tertiary/aromatic N) is 2. The van der Waals surface area contributed by atoms with Crippen LogP contribution in [0, 0.1) is 12.3 Å². The zero-order valence-corrected chi connectivity index (χ0v) is 12.1. The van der Waals surface area contributed by atoms with Crippen LogP contribution in [0.2, 0.25) is 0 Å². The maximum atomic E-state index is 5.91. The minimum absolute atomic E-state index is 0.172. The van der Waals surface area contributed by atoms with Gasteiger partial charge in [0.05, 0.1) is 0 Å². The molecule has 0 aliphatic rings. The van der Waals surface area contributed by atoms with Crippen LogP contribution < -0.4 is 11.1 Å². The Bertz CT molecular complexity index is 364. The third kappa shape index (κ3) is 3.67. The molecular weight excluding hydrogens is 224 g/mol. The molecule has 4 nitrogen and oxygen atoms in total. The lowest BCUT2D eigenvalue weighted by atomic mass is 9.82. The van der Waals surface area contributed by atoms with Crippen molar-refractivity contribution in [3.63, 3.8) is 0 Å². The first-order valence-corrected chi connectivity index (χ1v) is 6.87. The smallest absolute Gasteiger partial charge is 0.129 e. The highest BCUT2D eigenvalue weighted by molar-refractivity contribution is 5.36. The summed E-state index contributed by atoms with van der Waals surface area (Å²) in [4.78, 5) is 8.81. The van der Waals surface area contributed by atoms with Gasteiger partial charge in [-0.3, -0.25) is 0 Å². The highest BCUT2D eigenvalue weighted by atomic mass is 15.0. The molecule has 0 saturated carbocycles. The molecule has 0 unspecified atom stereocenters. The molecule has 1 aromatic heterocycles. The summed E-state index contributed by atoms with van der Waals surface area (Å²) in [5.74, 6) is 1.74. The predicted octanol–water partition coefficient (Wildman–Crippen LogP) is 2.52. The summed E-state index contributed by atoms with van der Waals surface area (Å²) >= 11 is 0. The van der Waals surface area contributed by atoms with E-state index in [0.717, 1.165) is 43.1 Å². The van der Waals surface area contributed by atoms with E-state index in [1.807, 2.05) is 13.0 Å². The predicted molar refractivity (Wildman–Crippen MR) is 76.7 cm³/mol. The van der Waals surface area contributed by atoms with Crippen molar-refractivity contribution in [2.45, 2.75) is 47.0 Å². The molecule has 0 radical (unpaired) electrons. The van der Waals surface area contributed by atoms with E-state index in [2.05, 4.69) is 36.1 Å². The summed E-state index contributed by atoms with van der Waals surface area (Å²) in [6, 6.07) is 2.03. The van der Waals surface area contributed by atoms with Crippen molar-refractivity contribution in [1.82, 2.24) is 9.97 Å². The molecule has 18 heavy (non-hydrogen) atoms. The van der Waals surface area contributed by atoms with E-state index in [0.29, 0.717) is 6.54 Å². The second kappa shape index (κ2) is 6.69. The van der Waals surface area contributed by atoms with Gasteiger partial charge in [-0.2, -0.15) is 0 Å². The third-order valence-electron chi connectivity index (χ3n) is 3.83. The highest BCUT2D eigenvalue weighted by Crippen LogP contribution is 2.25. The maximum Gasteiger partial charge on any atom is 0.129 e. The van der Waals surface area contributed by atoms with E-state index in [-0.39, 0.29) is 5.41 Å². The van der Waals surface area contributed by atoms with Crippen molar-refractivity contribution in [2.75, 3.05) is 18.4 Å². The van der Waals surface area contributed by atoms with Gasteiger partial charge in [-0.25, -0.2) is 9.97 Å². The van der Waals surface area contributed by atoms with Crippen LogP contribution in [0.5, 0.6) is 0 Å². The molecule has 0 aromatic carbocycles. The molecule has 0 aliphatic heterocycles. The molecular formula is C14H26N4. The fourth-order valence-electron chi connectivity index (χ4n) is 2.04. The molecule has 0 bridgehead atoms. The lowest BCUT2D eigenvalue weighted by Crippen LogP contribution is -2.36. The second-order valence-corrected chi connectivity index (χ2v) is 4.91. The Hall–Kier alpha value is -1.16. The first kappa shape index (κ1) is 14.9. The number of rotatable bonds is 7. The summed E-state index contributed by atoms with van der Waals surface area (Å²) in [6.45, 7) is 10.0. The van der Waals surface area contributed by atoms with Crippen molar-refractivity contribution in [1.29, 1.82) is 0 Å². The Morgan fingerprint density at radius 3 is 2.39 bits per heavy atom. The number of anilines is 1. The molecule has 0 saturated heterocycles. The third-order valence-corrected chi connectivity index (χ3v) is 3.83. The highest BCUT2D eigenvalue weighted by Gasteiger charge is 2.24. The van der Waals surface area contributed by atoms with E-state index in [9.17, 15) is 0 Å². The number of nitrogens with one attached hydrogen (secondary N) is 1. The molecule has 0 atom stereocenters. The van der Waals surface area contributed by atoms with Crippen molar-refractivity contribution in [3.05, 3.63) is 17.6 Å². The molecule has 0 aliphatic carbocycles. The summed E-state index contributed by atoms with van der Waals surface area (Å²) in [5, 5.41) is 3.42. The van der Waals surface area contributed by atoms with Gasteiger partial charge >= 0.3 is 0 Å². The zero-order chi connectivity index (χ0) is 13.6. The topological polar surface area (TPSA) is 63.8 Å². The van der Waals surface area contributed by atoms with Crippen LogP contribution in [0.1, 0.15) is 45.1 Å². The molecule has 1 aromatic rings. The first-order chi connectivity index (χ1) is 8.59. The second-order valence-electron chi connectivity index (χ2n) is 4.91. The molecule has 3 N–H and O–H groups in total. The van der Waals surface area contributed by atoms with Crippen LogP contribution in [0.25, 0.3) is 0 Å². The van der Waals surface area contributed by atoms with E-state index in [1.54, 1.807) is 0 Å². The molecule has 0 fully saturated rings. The maximum absolute atomic E-state index is 5.91. The van der Waals surface area contributed by atoms with E-state index < -0.39 is 0 Å². The van der Waals surface area contributed by atoms with Gasteiger partial charge in [0.1, 0.15) is 11.6 Å². The quantitative estimate of drug-likeness (QED) is 0.780. The van der Waals surface area contributed by atoms with Gasteiger partial charge < -0.3 is 11.1 Å². The first-order valence-electron chi connectivity index (χ1n) is 6.87. The van der Waals surface area contributed by atoms with Crippen LogP contribution in [0.4, 0.5) is 5.82 Å². The Morgan fingerprint density at radius 1 is 1.22 bits per heavy atom. The van der Waals surface area contributed by atoms with Crippen molar-refractivity contribution < 1.29 is 0 Å². The average Bonchev–Trinajstić information content (AvgIpc) is 2.40. The number of nitrogens with two attached hydrogens (primary N) is 1. The molecule has 1 heterocycles. The van der Waals surface area contributed by atoms with Gasteiger partial charge in [-0.15, -0.1) is 0 Å². The van der Waals surface area contributed by atoms with Gasteiger partial charge in [-0.05, 0) is 38.1 Å². The van der Waals surface area contributed by atoms with E-state index in [1.165, 1.54) is 0 Å². The summed E-state index contributed by atoms with van der Waals surface area (Å²) in [6.07, 6.45) is 3.09. The number of hydrogen-bond donors (Lipinski definition) is 2. The van der Waals surface area contributed by atoms with Crippen molar-refractivity contribution >= 4 is 5.82 Å². The van der Waals surface area contributed by atoms with Crippen LogP contribution in [-0.4, -0.2) is 23.1 Å². The van der Waals surface area contributed by atoms with Crippen LogP contribution in [-0.2, 0) is 6.42 Å². The van der Waals surface area contributed by atoms with Gasteiger partial charge in [-0.1, -0.05) is 20.8 Å². The van der Waals surface area contributed by atoms with E-state index in [4.69, 9.17) is 5.73 Å². The summed E-state index contributed by atoms with van der Waals surface area (Å²) in [5.41, 5.74) is 7.16. The fourth-order valence-corrected chi connectivity index (χ4v) is 2.04. The minimum atomic E-state index is 0.172. The summed E-state index contributed by atoms with van der Waals surface area (Å²) in [7, 11) is 0. The van der Waals surface area contributed by atoms with E-state index >= 15 is 0 Å². The van der Waals surface area contributed by atoms with Gasteiger partial charge in [0, 0.05) is 18.3 Å². The fraction of sp³-hybridized carbons (Fsp3) is 0.714. The molecule has 0 amide bonds. The number of aromatic nitrogens is 2. The Morgan fingerprint density at radius 2 is 1.89 bits per heavy atom. The average molecular weight is 250 g/mol. The minimum Gasteiger partial charge on any atom is -0.369 e. The van der Waals surface area contributed by atoms with Crippen LogP contribution in [0.15, 0.2) is 6.07 Å². The van der Waals surface area contributed by atoms with Crippen molar-refractivity contribution in [3.8, 4) is 0 Å². The zero-order valence-electron chi connectivity index (χ0n) is 12.1. The van der Waals surface area contributed by atoms with Crippen LogP contribution in [0.3, 0.4) is 0 Å². The lowest BCUT2D eigenvalue weighted by Gasteiger charge is -2.30. The summed E-state index contributed by atoms with van der Waals surface area (Å²) < 4.78 is 0. The van der Waals surface area contributed by atoms with Gasteiger partial charge in [0.15, 0.2) is 0 Å². The Kier molecular flexibility index (Phi) is 5.54.